The van der Waals surface area contributed by atoms with Gasteiger partial charge < -0.3 is 5.32 Å². The lowest BCUT2D eigenvalue weighted by atomic mass is 10.1. The van der Waals surface area contributed by atoms with Crippen LogP contribution in [0.3, 0.4) is 0 Å². The fourth-order valence-corrected chi connectivity index (χ4v) is 2.73. The second-order valence-corrected chi connectivity index (χ2v) is 6.91. The molecule has 0 atom stereocenters. The van der Waals surface area contributed by atoms with Gasteiger partial charge in [-0.3, -0.25) is 0 Å². The molecular weight excluding hydrogens is 382 g/mol. The number of hydrogen-bond acceptors (Lipinski definition) is 2. The summed E-state index contributed by atoms with van der Waals surface area (Å²) < 4.78 is 4.16. The van der Waals surface area contributed by atoms with Crippen LogP contribution in [0.4, 0.5) is 0 Å². The Balaban J connectivity index is 2.47. The molecule has 2 rings (SSSR count). The van der Waals surface area contributed by atoms with Crippen LogP contribution in [0.5, 0.6) is 0 Å². The van der Waals surface area contributed by atoms with E-state index in [0.29, 0.717) is 6.04 Å². The Morgan fingerprint density at radius 3 is 2.50 bits per heavy atom. The molecular formula is C15H19Br2N3. The molecule has 1 heterocycles. The third-order valence-corrected chi connectivity index (χ3v) is 4.81. The highest BCUT2D eigenvalue weighted by molar-refractivity contribution is 9.10. The average molecular weight is 401 g/mol. The van der Waals surface area contributed by atoms with E-state index in [-0.39, 0.29) is 0 Å². The fraction of sp³-hybridized carbons (Fsp3) is 0.400. The smallest absolute Gasteiger partial charge is 0.0743 e. The van der Waals surface area contributed by atoms with Crippen molar-refractivity contribution >= 4 is 31.9 Å². The molecule has 3 nitrogen and oxygen atoms in total. The number of aryl methyl sites for hydroxylation is 1. The first-order valence-corrected chi connectivity index (χ1v) is 8.22. The van der Waals surface area contributed by atoms with E-state index in [1.165, 1.54) is 5.56 Å². The molecule has 0 bridgehead atoms. The summed E-state index contributed by atoms with van der Waals surface area (Å²) in [5.41, 5.74) is 4.47. The Morgan fingerprint density at radius 1 is 1.25 bits per heavy atom. The molecule has 0 fully saturated rings. The lowest BCUT2D eigenvalue weighted by molar-refractivity contribution is 0.586. The lowest BCUT2D eigenvalue weighted by Crippen LogP contribution is -2.23. The summed E-state index contributed by atoms with van der Waals surface area (Å²) in [6, 6.07) is 6.76. The minimum Gasteiger partial charge on any atom is -0.310 e. The highest BCUT2D eigenvalue weighted by Crippen LogP contribution is 2.26. The van der Waals surface area contributed by atoms with Crippen molar-refractivity contribution in [2.75, 3.05) is 0 Å². The summed E-state index contributed by atoms with van der Waals surface area (Å²) in [6.07, 6.45) is 0. The Kier molecular flexibility index (Phi) is 5.04. The Morgan fingerprint density at radius 2 is 1.95 bits per heavy atom. The fourth-order valence-electron chi connectivity index (χ4n) is 2.07. The van der Waals surface area contributed by atoms with Gasteiger partial charge in [-0.15, -0.1) is 0 Å². The van der Waals surface area contributed by atoms with Crippen LogP contribution in [-0.4, -0.2) is 15.8 Å². The molecule has 0 amide bonds. The van der Waals surface area contributed by atoms with Crippen molar-refractivity contribution in [1.29, 1.82) is 0 Å². The minimum absolute atomic E-state index is 0.453. The third-order valence-electron chi connectivity index (χ3n) is 3.17. The van der Waals surface area contributed by atoms with Gasteiger partial charge in [0.05, 0.1) is 21.5 Å². The van der Waals surface area contributed by atoms with Crippen LogP contribution in [0.2, 0.25) is 0 Å². The molecule has 0 saturated heterocycles. The van der Waals surface area contributed by atoms with Crippen LogP contribution in [-0.2, 0) is 6.54 Å². The number of nitrogens with zero attached hydrogens (tertiary/aromatic N) is 2. The maximum absolute atomic E-state index is 4.62. The van der Waals surface area contributed by atoms with Crippen LogP contribution in [0.15, 0.2) is 27.1 Å². The van der Waals surface area contributed by atoms with Crippen molar-refractivity contribution in [3.8, 4) is 5.69 Å². The predicted octanol–water partition coefficient (Wildman–Crippen LogP) is 4.51. The summed E-state index contributed by atoms with van der Waals surface area (Å²) in [4.78, 5) is 0. The van der Waals surface area contributed by atoms with Crippen molar-refractivity contribution in [2.45, 2.75) is 40.3 Å². The molecule has 0 saturated carbocycles. The largest absolute Gasteiger partial charge is 0.310 e. The SMILES string of the molecule is Cc1nn(-c2ccc(Br)cc2CNC(C)C)c(C)c1Br. The molecule has 0 aliphatic carbocycles. The lowest BCUT2D eigenvalue weighted by Gasteiger charge is -2.14. The number of halogens is 2. The van der Waals surface area contributed by atoms with E-state index >= 15 is 0 Å². The van der Waals surface area contributed by atoms with Crippen molar-refractivity contribution < 1.29 is 0 Å². The topological polar surface area (TPSA) is 29.9 Å². The van der Waals surface area contributed by atoms with Crippen LogP contribution in [0.1, 0.15) is 30.8 Å². The zero-order valence-corrected chi connectivity index (χ0v) is 15.3. The van der Waals surface area contributed by atoms with Crippen molar-refractivity contribution in [2.24, 2.45) is 0 Å². The maximum Gasteiger partial charge on any atom is 0.0743 e. The van der Waals surface area contributed by atoms with Gasteiger partial charge in [-0.1, -0.05) is 29.8 Å². The number of rotatable bonds is 4. The van der Waals surface area contributed by atoms with Crippen LogP contribution >= 0.6 is 31.9 Å². The monoisotopic (exact) mass is 399 g/mol. The Bertz CT molecular complexity index is 618. The van der Waals surface area contributed by atoms with E-state index in [4.69, 9.17) is 0 Å². The zero-order valence-electron chi connectivity index (χ0n) is 12.2. The summed E-state index contributed by atoms with van der Waals surface area (Å²) in [7, 11) is 0. The summed E-state index contributed by atoms with van der Waals surface area (Å²) in [6.45, 7) is 9.21. The molecule has 1 aromatic carbocycles. The molecule has 1 aromatic heterocycles. The number of aromatic nitrogens is 2. The highest BCUT2D eigenvalue weighted by atomic mass is 79.9. The number of hydrogen-bond donors (Lipinski definition) is 1. The summed E-state index contributed by atoms with van der Waals surface area (Å²) in [5.74, 6) is 0. The van der Waals surface area contributed by atoms with Gasteiger partial charge >= 0.3 is 0 Å². The molecule has 5 heteroatoms. The molecule has 108 valence electrons. The van der Waals surface area contributed by atoms with Crippen molar-refractivity contribution in [3.05, 3.63) is 44.1 Å². The molecule has 0 aliphatic rings. The second kappa shape index (κ2) is 6.41. The van der Waals surface area contributed by atoms with Gasteiger partial charge in [0.15, 0.2) is 0 Å². The van der Waals surface area contributed by atoms with Gasteiger partial charge in [0.1, 0.15) is 0 Å². The first-order valence-electron chi connectivity index (χ1n) is 6.64. The summed E-state index contributed by atoms with van der Waals surface area (Å²) in [5, 5.41) is 8.09. The van der Waals surface area contributed by atoms with Crippen molar-refractivity contribution in [1.82, 2.24) is 15.1 Å². The molecule has 0 aliphatic heterocycles. The normalized spacial score (nSPS) is 11.3. The van der Waals surface area contributed by atoms with Gasteiger partial charge in [-0.05, 0) is 53.5 Å². The molecule has 20 heavy (non-hydrogen) atoms. The molecule has 2 aromatic rings. The van der Waals surface area contributed by atoms with Crippen LogP contribution < -0.4 is 5.32 Å². The van der Waals surface area contributed by atoms with E-state index in [1.807, 2.05) is 11.6 Å². The van der Waals surface area contributed by atoms with E-state index in [2.05, 4.69) is 81.2 Å². The standard InChI is InChI=1S/C15H19Br2N3/c1-9(2)18-8-12-7-13(16)5-6-14(12)20-11(4)15(17)10(3)19-20/h5-7,9,18H,8H2,1-4H3. The average Bonchev–Trinajstić information content (AvgIpc) is 2.64. The molecule has 0 radical (unpaired) electrons. The number of nitrogens with one attached hydrogen (secondary N) is 1. The highest BCUT2D eigenvalue weighted by Gasteiger charge is 2.13. The zero-order chi connectivity index (χ0) is 14.9. The van der Waals surface area contributed by atoms with Gasteiger partial charge in [0.2, 0.25) is 0 Å². The van der Waals surface area contributed by atoms with E-state index in [9.17, 15) is 0 Å². The van der Waals surface area contributed by atoms with Crippen molar-refractivity contribution in [3.63, 3.8) is 0 Å². The third kappa shape index (κ3) is 3.32. The Labute approximate surface area is 137 Å². The molecule has 0 spiro atoms. The maximum atomic E-state index is 4.62. The Hall–Kier alpha value is -0.650. The van der Waals surface area contributed by atoms with Gasteiger partial charge in [-0.2, -0.15) is 5.10 Å². The van der Waals surface area contributed by atoms with E-state index in [0.717, 1.165) is 32.6 Å². The molecule has 0 unspecified atom stereocenters. The van der Waals surface area contributed by atoms with Gasteiger partial charge in [0.25, 0.3) is 0 Å². The van der Waals surface area contributed by atoms with Gasteiger partial charge in [-0.25, -0.2) is 4.68 Å². The molecule has 1 N–H and O–H groups in total. The van der Waals surface area contributed by atoms with E-state index in [1.54, 1.807) is 0 Å². The first-order chi connectivity index (χ1) is 9.40. The first kappa shape index (κ1) is 15.7. The van der Waals surface area contributed by atoms with Crippen LogP contribution in [0, 0.1) is 13.8 Å². The second-order valence-electron chi connectivity index (χ2n) is 5.21. The quantitative estimate of drug-likeness (QED) is 0.817. The predicted molar refractivity (Wildman–Crippen MR) is 90.4 cm³/mol. The number of benzene rings is 1. The van der Waals surface area contributed by atoms with Crippen LogP contribution in [0.25, 0.3) is 5.69 Å². The minimum atomic E-state index is 0.453. The van der Waals surface area contributed by atoms with E-state index < -0.39 is 0 Å². The summed E-state index contributed by atoms with van der Waals surface area (Å²) >= 11 is 7.14. The van der Waals surface area contributed by atoms with Gasteiger partial charge in [0, 0.05) is 17.1 Å².